The molecule has 0 radical (unpaired) electrons. The van der Waals surface area contributed by atoms with Gasteiger partial charge >= 0.3 is 0 Å². The quantitative estimate of drug-likeness (QED) is 0.831. The van der Waals surface area contributed by atoms with Crippen LogP contribution >= 0.6 is 22.9 Å². The standard InChI is InChI=1S/C11H11ClN2S/c12-6-2-1-3-8-4-5-10-9(7-8)14-11(13)15-10/h1,3-5,7H,2,6H2,(H2,13,14). The normalized spacial score (nSPS) is 11.5. The lowest BCUT2D eigenvalue weighted by Crippen LogP contribution is -1.79. The number of alkyl halides is 1. The number of halogens is 1. The van der Waals surface area contributed by atoms with Crippen molar-refractivity contribution in [2.75, 3.05) is 11.6 Å². The molecule has 0 aliphatic rings. The Balaban J connectivity index is 2.30. The van der Waals surface area contributed by atoms with Gasteiger partial charge in [-0.1, -0.05) is 29.6 Å². The first-order valence-electron chi connectivity index (χ1n) is 4.68. The summed E-state index contributed by atoms with van der Waals surface area (Å²) in [7, 11) is 0. The smallest absolute Gasteiger partial charge is 0.181 e. The topological polar surface area (TPSA) is 38.9 Å². The van der Waals surface area contributed by atoms with Crippen LogP contribution in [0.25, 0.3) is 16.3 Å². The van der Waals surface area contributed by atoms with Crippen molar-refractivity contribution in [3.05, 3.63) is 29.8 Å². The second-order valence-corrected chi connectivity index (χ2v) is 4.60. The molecule has 0 aliphatic heterocycles. The van der Waals surface area contributed by atoms with Gasteiger partial charge in [0.25, 0.3) is 0 Å². The molecule has 1 aromatic carbocycles. The summed E-state index contributed by atoms with van der Waals surface area (Å²) in [5, 5.41) is 0.617. The van der Waals surface area contributed by atoms with Crippen molar-refractivity contribution >= 4 is 44.4 Å². The summed E-state index contributed by atoms with van der Waals surface area (Å²) in [6.07, 6.45) is 5.00. The van der Waals surface area contributed by atoms with Gasteiger partial charge in [0.1, 0.15) is 0 Å². The number of nitrogen functional groups attached to an aromatic ring is 1. The van der Waals surface area contributed by atoms with Crippen LogP contribution in [0.2, 0.25) is 0 Å². The Morgan fingerprint density at radius 2 is 2.33 bits per heavy atom. The van der Waals surface area contributed by atoms with Crippen molar-refractivity contribution in [3.8, 4) is 0 Å². The highest BCUT2D eigenvalue weighted by Crippen LogP contribution is 2.24. The number of fused-ring (bicyclic) bond motifs is 1. The summed E-state index contributed by atoms with van der Waals surface area (Å²) in [6, 6.07) is 6.14. The first kappa shape index (κ1) is 10.5. The van der Waals surface area contributed by atoms with Gasteiger partial charge in [-0.05, 0) is 24.1 Å². The van der Waals surface area contributed by atoms with Crippen molar-refractivity contribution < 1.29 is 0 Å². The number of allylic oxidation sites excluding steroid dienone is 1. The van der Waals surface area contributed by atoms with E-state index in [-0.39, 0.29) is 0 Å². The van der Waals surface area contributed by atoms with Gasteiger partial charge in [-0.2, -0.15) is 0 Å². The molecule has 4 heteroatoms. The van der Waals surface area contributed by atoms with Crippen LogP contribution in [0.15, 0.2) is 24.3 Å². The third-order valence-electron chi connectivity index (χ3n) is 2.01. The molecular formula is C11H11ClN2S. The molecular weight excluding hydrogens is 228 g/mol. The Morgan fingerprint density at radius 1 is 1.47 bits per heavy atom. The molecule has 78 valence electrons. The SMILES string of the molecule is Nc1nc2cc(C=CCCCl)ccc2s1. The molecule has 15 heavy (non-hydrogen) atoms. The van der Waals surface area contributed by atoms with Gasteiger partial charge in [0.15, 0.2) is 5.13 Å². The number of benzene rings is 1. The summed E-state index contributed by atoms with van der Waals surface area (Å²) in [6.45, 7) is 0. The zero-order valence-electron chi connectivity index (χ0n) is 8.11. The van der Waals surface area contributed by atoms with E-state index in [4.69, 9.17) is 17.3 Å². The summed E-state index contributed by atoms with van der Waals surface area (Å²) >= 11 is 7.10. The summed E-state index contributed by atoms with van der Waals surface area (Å²) in [5.41, 5.74) is 7.73. The molecule has 0 amide bonds. The van der Waals surface area contributed by atoms with E-state index in [1.165, 1.54) is 11.3 Å². The molecule has 0 spiro atoms. The summed E-state index contributed by atoms with van der Waals surface area (Å²) < 4.78 is 1.13. The lowest BCUT2D eigenvalue weighted by Gasteiger charge is -1.92. The van der Waals surface area contributed by atoms with E-state index in [9.17, 15) is 0 Å². The maximum atomic E-state index is 5.63. The molecule has 0 saturated heterocycles. The lowest BCUT2D eigenvalue weighted by molar-refractivity contribution is 1.24. The minimum atomic E-state index is 0.617. The molecule has 2 nitrogen and oxygen atoms in total. The minimum absolute atomic E-state index is 0.617. The van der Waals surface area contributed by atoms with Gasteiger partial charge in [-0.15, -0.1) is 11.6 Å². The first-order chi connectivity index (χ1) is 7.29. The van der Waals surface area contributed by atoms with Crippen LogP contribution < -0.4 is 5.73 Å². The predicted octanol–water partition coefficient (Wildman–Crippen LogP) is 3.52. The Labute approximate surface area is 97.4 Å². The van der Waals surface area contributed by atoms with Crippen LogP contribution in [-0.4, -0.2) is 10.9 Å². The van der Waals surface area contributed by atoms with Crippen molar-refractivity contribution in [1.82, 2.24) is 4.98 Å². The van der Waals surface area contributed by atoms with Crippen LogP contribution in [0.4, 0.5) is 5.13 Å². The fourth-order valence-electron chi connectivity index (χ4n) is 1.35. The number of rotatable bonds is 3. The molecule has 0 unspecified atom stereocenters. The van der Waals surface area contributed by atoms with Crippen molar-refractivity contribution in [3.63, 3.8) is 0 Å². The van der Waals surface area contributed by atoms with Crippen molar-refractivity contribution in [2.24, 2.45) is 0 Å². The average molecular weight is 239 g/mol. The predicted molar refractivity (Wildman–Crippen MR) is 68.4 cm³/mol. The van der Waals surface area contributed by atoms with Crippen LogP contribution in [-0.2, 0) is 0 Å². The molecule has 2 N–H and O–H groups in total. The zero-order chi connectivity index (χ0) is 10.7. The van der Waals surface area contributed by atoms with E-state index in [1.807, 2.05) is 12.1 Å². The number of hydrogen-bond acceptors (Lipinski definition) is 3. The Hall–Kier alpha value is -1.06. The molecule has 0 bridgehead atoms. The first-order valence-corrected chi connectivity index (χ1v) is 6.03. The number of anilines is 1. The highest BCUT2D eigenvalue weighted by molar-refractivity contribution is 7.22. The Bertz CT molecular complexity index is 490. The lowest BCUT2D eigenvalue weighted by atomic mass is 10.2. The largest absolute Gasteiger partial charge is 0.375 e. The van der Waals surface area contributed by atoms with Crippen molar-refractivity contribution in [1.29, 1.82) is 0 Å². The Morgan fingerprint density at radius 3 is 3.13 bits per heavy atom. The third kappa shape index (κ3) is 2.49. The maximum Gasteiger partial charge on any atom is 0.181 e. The second-order valence-electron chi connectivity index (χ2n) is 3.16. The number of nitrogens with zero attached hydrogens (tertiary/aromatic N) is 1. The molecule has 2 aromatic rings. The van der Waals surface area contributed by atoms with Gasteiger partial charge in [-0.3, -0.25) is 0 Å². The Kier molecular flexibility index (Phi) is 3.23. The van der Waals surface area contributed by atoms with Gasteiger partial charge in [0, 0.05) is 5.88 Å². The fourth-order valence-corrected chi connectivity index (χ4v) is 2.19. The van der Waals surface area contributed by atoms with Crippen LogP contribution in [0.3, 0.4) is 0 Å². The third-order valence-corrected chi connectivity index (χ3v) is 3.10. The van der Waals surface area contributed by atoms with Crippen molar-refractivity contribution in [2.45, 2.75) is 6.42 Å². The fraction of sp³-hybridized carbons (Fsp3) is 0.182. The molecule has 0 atom stereocenters. The van der Waals surface area contributed by atoms with Gasteiger partial charge in [-0.25, -0.2) is 4.98 Å². The number of nitrogens with two attached hydrogens (primary N) is 1. The van der Waals surface area contributed by atoms with E-state index in [0.29, 0.717) is 11.0 Å². The van der Waals surface area contributed by atoms with E-state index >= 15 is 0 Å². The number of aromatic nitrogens is 1. The van der Waals surface area contributed by atoms with Crippen LogP contribution in [0.5, 0.6) is 0 Å². The number of thiazole rings is 1. The van der Waals surface area contributed by atoms with E-state index in [1.54, 1.807) is 0 Å². The monoisotopic (exact) mass is 238 g/mol. The molecule has 2 rings (SSSR count). The highest BCUT2D eigenvalue weighted by Gasteiger charge is 1.99. The van der Waals surface area contributed by atoms with Crippen LogP contribution in [0.1, 0.15) is 12.0 Å². The van der Waals surface area contributed by atoms with E-state index < -0.39 is 0 Å². The summed E-state index contributed by atoms with van der Waals surface area (Å²) in [4.78, 5) is 4.24. The van der Waals surface area contributed by atoms with Gasteiger partial charge in [0.2, 0.25) is 0 Å². The second kappa shape index (κ2) is 4.64. The number of hydrogen-bond donors (Lipinski definition) is 1. The van der Waals surface area contributed by atoms with E-state index in [2.05, 4.69) is 23.2 Å². The summed E-state index contributed by atoms with van der Waals surface area (Å²) in [5.74, 6) is 0.655. The molecule has 1 aromatic heterocycles. The minimum Gasteiger partial charge on any atom is -0.375 e. The average Bonchev–Trinajstić information content (AvgIpc) is 2.57. The highest BCUT2D eigenvalue weighted by atomic mass is 35.5. The molecule has 1 heterocycles. The van der Waals surface area contributed by atoms with Crippen LogP contribution in [0, 0.1) is 0 Å². The zero-order valence-corrected chi connectivity index (χ0v) is 9.68. The van der Waals surface area contributed by atoms with E-state index in [0.717, 1.165) is 22.2 Å². The molecule has 0 fully saturated rings. The van der Waals surface area contributed by atoms with Gasteiger partial charge < -0.3 is 5.73 Å². The molecule has 0 saturated carbocycles. The molecule has 0 aliphatic carbocycles. The van der Waals surface area contributed by atoms with Gasteiger partial charge in [0.05, 0.1) is 10.2 Å². The maximum absolute atomic E-state index is 5.63.